The minimum atomic E-state index is -0.139. The molecule has 0 aliphatic carbocycles. The van der Waals surface area contributed by atoms with Crippen molar-refractivity contribution in [2.75, 3.05) is 18.1 Å². The molecule has 25 heavy (non-hydrogen) atoms. The first-order valence-corrected chi connectivity index (χ1v) is 8.84. The third-order valence-electron chi connectivity index (χ3n) is 4.39. The molecule has 0 saturated carbocycles. The van der Waals surface area contributed by atoms with Crippen LogP contribution < -0.4 is 5.01 Å². The van der Waals surface area contributed by atoms with Crippen LogP contribution in [0, 0.1) is 6.92 Å². The van der Waals surface area contributed by atoms with E-state index < -0.39 is 0 Å². The predicted octanol–water partition coefficient (Wildman–Crippen LogP) is 2.77. The van der Waals surface area contributed by atoms with Gasteiger partial charge in [0.25, 0.3) is 5.91 Å². The Kier molecular flexibility index (Phi) is 5.11. The molecule has 6 nitrogen and oxygen atoms in total. The van der Waals surface area contributed by atoms with Crippen molar-refractivity contribution in [1.29, 1.82) is 0 Å². The van der Waals surface area contributed by atoms with Crippen molar-refractivity contribution < 1.29 is 14.3 Å². The Morgan fingerprint density at radius 2 is 1.92 bits per heavy atom. The number of aryl methyl sites for hydroxylation is 1. The molecule has 2 amide bonds. The van der Waals surface area contributed by atoms with Gasteiger partial charge in [0.05, 0.1) is 17.9 Å². The van der Waals surface area contributed by atoms with Gasteiger partial charge in [-0.3, -0.25) is 9.59 Å². The number of anilines is 1. The average molecular weight is 364 g/mol. The van der Waals surface area contributed by atoms with Gasteiger partial charge in [-0.1, -0.05) is 17.7 Å². The van der Waals surface area contributed by atoms with E-state index in [4.69, 9.17) is 16.3 Å². The lowest BCUT2D eigenvalue weighted by atomic mass is 10.1. The summed E-state index contributed by atoms with van der Waals surface area (Å²) in [4.78, 5) is 26.9. The summed E-state index contributed by atoms with van der Waals surface area (Å²) in [5.41, 5.74) is 1.90. The maximum atomic E-state index is 12.8. The average Bonchev–Trinajstić information content (AvgIpc) is 2.56. The van der Waals surface area contributed by atoms with E-state index in [0.717, 1.165) is 5.56 Å². The van der Waals surface area contributed by atoms with Crippen molar-refractivity contribution in [1.82, 2.24) is 4.90 Å². The minimum absolute atomic E-state index is 0.00877. The summed E-state index contributed by atoms with van der Waals surface area (Å²) in [6.45, 7) is 6.85. The van der Waals surface area contributed by atoms with Crippen LogP contribution in [-0.4, -0.2) is 47.7 Å². The number of hydrazone groups is 1. The summed E-state index contributed by atoms with van der Waals surface area (Å²) in [5, 5.41) is 6.19. The van der Waals surface area contributed by atoms with Crippen molar-refractivity contribution in [3.63, 3.8) is 0 Å². The van der Waals surface area contributed by atoms with Crippen LogP contribution in [0.3, 0.4) is 0 Å². The number of rotatable bonds is 2. The van der Waals surface area contributed by atoms with E-state index in [-0.39, 0.29) is 30.4 Å². The van der Waals surface area contributed by atoms with E-state index >= 15 is 0 Å². The highest BCUT2D eigenvalue weighted by molar-refractivity contribution is 6.40. The molecule has 1 fully saturated rings. The monoisotopic (exact) mass is 363 g/mol. The fourth-order valence-corrected chi connectivity index (χ4v) is 3.32. The van der Waals surface area contributed by atoms with E-state index in [1.54, 1.807) is 17.0 Å². The van der Waals surface area contributed by atoms with Crippen LogP contribution >= 0.6 is 11.6 Å². The second-order valence-electron chi connectivity index (χ2n) is 6.65. The fourth-order valence-electron chi connectivity index (χ4n) is 3.15. The second kappa shape index (κ2) is 7.14. The molecule has 134 valence electrons. The van der Waals surface area contributed by atoms with Gasteiger partial charge in [-0.15, -0.1) is 0 Å². The summed E-state index contributed by atoms with van der Waals surface area (Å²) in [6.07, 6.45) is 0.593. The summed E-state index contributed by atoms with van der Waals surface area (Å²) in [7, 11) is 0. The standard InChI is InChI=1S/C18H22ClN3O3/c1-11-4-5-14(8-15(11)19)22-17(23)7-6-16(20-22)18(24)21-9-12(2)25-13(3)10-21/h4-5,8,12-13H,6-7,9-10H2,1-3H3. The zero-order chi connectivity index (χ0) is 18.1. The van der Waals surface area contributed by atoms with Gasteiger partial charge in [0, 0.05) is 31.0 Å². The fraction of sp³-hybridized carbons (Fsp3) is 0.500. The number of carbonyl (C=O) groups excluding carboxylic acids is 2. The SMILES string of the molecule is Cc1ccc(N2N=C(C(=O)N3CC(C)OC(C)C3)CCC2=O)cc1Cl. The molecule has 1 aromatic carbocycles. The third-order valence-corrected chi connectivity index (χ3v) is 4.79. The molecule has 7 heteroatoms. The summed E-state index contributed by atoms with van der Waals surface area (Å²) < 4.78 is 5.67. The van der Waals surface area contributed by atoms with Crippen molar-refractivity contribution in [2.24, 2.45) is 5.10 Å². The molecule has 0 spiro atoms. The van der Waals surface area contributed by atoms with Gasteiger partial charge >= 0.3 is 0 Å². The second-order valence-corrected chi connectivity index (χ2v) is 7.06. The zero-order valence-corrected chi connectivity index (χ0v) is 15.4. The lowest BCUT2D eigenvalue weighted by molar-refractivity contribution is -0.136. The summed E-state index contributed by atoms with van der Waals surface area (Å²) in [5.74, 6) is -0.266. The minimum Gasteiger partial charge on any atom is -0.372 e. The molecule has 3 rings (SSSR count). The molecule has 0 radical (unpaired) electrons. The van der Waals surface area contributed by atoms with E-state index in [1.165, 1.54) is 5.01 Å². The molecule has 1 saturated heterocycles. The molecule has 2 aliphatic heterocycles. The van der Waals surface area contributed by atoms with Gasteiger partial charge in [0.1, 0.15) is 5.71 Å². The number of morpholine rings is 1. The molecule has 0 aromatic heterocycles. The van der Waals surface area contributed by atoms with Crippen molar-refractivity contribution in [3.8, 4) is 0 Å². The number of carbonyl (C=O) groups is 2. The number of benzene rings is 1. The van der Waals surface area contributed by atoms with Gasteiger partial charge in [-0.2, -0.15) is 5.10 Å². The smallest absolute Gasteiger partial charge is 0.270 e. The van der Waals surface area contributed by atoms with Gasteiger partial charge in [-0.25, -0.2) is 5.01 Å². The highest BCUT2D eigenvalue weighted by Crippen LogP contribution is 2.26. The van der Waals surface area contributed by atoms with Crippen LogP contribution in [-0.2, 0) is 14.3 Å². The topological polar surface area (TPSA) is 62.2 Å². The van der Waals surface area contributed by atoms with Crippen LogP contribution in [0.1, 0.15) is 32.3 Å². The Morgan fingerprint density at radius 3 is 2.56 bits per heavy atom. The van der Waals surface area contributed by atoms with Crippen LogP contribution in [0.5, 0.6) is 0 Å². The molecule has 2 aliphatic rings. The van der Waals surface area contributed by atoms with Gasteiger partial charge < -0.3 is 9.64 Å². The predicted molar refractivity (Wildman–Crippen MR) is 96.9 cm³/mol. The lowest BCUT2D eigenvalue weighted by Gasteiger charge is -2.36. The molecule has 2 atom stereocenters. The van der Waals surface area contributed by atoms with Crippen LogP contribution in [0.25, 0.3) is 0 Å². The molecular formula is C18H22ClN3O3. The highest BCUT2D eigenvalue weighted by Gasteiger charge is 2.32. The number of nitrogens with zero attached hydrogens (tertiary/aromatic N) is 3. The van der Waals surface area contributed by atoms with Crippen LogP contribution in [0.2, 0.25) is 5.02 Å². The van der Waals surface area contributed by atoms with Gasteiger partial charge in [0.15, 0.2) is 0 Å². The summed E-state index contributed by atoms with van der Waals surface area (Å²) >= 11 is 6.16. The molecule has 0 N–H and O–H groups in total. The van der Waals surface area contributed by atoms with Crippen molar-refractivity contribution in [3.05, 3.63) is 28.8 Å². The zero-order valence-electron chi connectivity index (χ0n) is 14.7. The van der Waals surface area contributed by atoms with E-state index in [0.29, 0.717) is 35.9 Å². The highest BCUT2D eigenvalue weighted by atomic mass is 35.5. The molecule has 2 unspecified atom stereocenters. The van der Waals surface area contributed by atoms with Crippen molar-refractivity contribution in [2.45, 2.75) is 45.8 Å². The maximum absolute atomic E-state index is 12.8. The number of hydrogen-bond donors (Lipinski definition) is 0. The van der Waals surface area contributed by atoms with Crippen LogP contribution in [0.4, 0.5) is 5.69 Å². The van der Waals surface area contributed by atoms with Crippen LogP contribution in [0.15, 0.2) is 23.3 Å². The van der Waals surface area contributed by atoms with Gasteiger partial charge in [-0.05, 0) is 38.5 Å². The Balaban J connectivity index is 1.85. The Hall–Kier alpha value is -1.92. The lowest BCUT2D eigenvalue weighted by Crippen LogP contribution is -2.51. The first-order chi connectivity index (χ1) is 11.8. The third kappa shape index (κ3) is 3.85. The Labute approximate surface area is 152 Å². The maximum Gasteiger partial charge on any atom is 0.270 e. The largest absolute Gasteiger partial charge is 0.372 e. The van der Waals surface area contributed by atoms with E-state index in [1.807, 2.05) is 26.8 Å². The number of halogens is 1. The summed E-state index contributed by atoms with van der Waals surface area (Å²) in [6, 6.07) is 5.32. The molecule has 2 heterocycles. The van der Waals surface area contributed by atoms with Gasteiger partial charge in [0.2, 0.25) is 5.91 Å². The quantitative estimate of drug-likeness (QED) is 0.811. The molecular weight excluding hydrogens is 342 g/mol. The Morgan fingerprint density at radius 1 is 1.24 bits per heavy atom. The molecule has 0 bridgehead atoms. The number of hydrogen-bond acceptors (Lipinski definition) is 4. The first kappa shape index (κ1) is 17.9. The number of amides is 2. The normalized spacial score (nSPS) is 24.3. The van der Waals surface area contributed by atoms with E-state index in [9.17, 15) is 9.59 Å². The van der Waals surface area contributed by atoms with E-state index in [2.05, 4.69) is 5.10 Å². The van der Waals surface area contributed by atoms with Crippen molar-refractivity contribution >= 4 is 34.8 Å². The first-order valence-electron chi connectivity index (χ1n) is 8.46. The Bertz CT molecular complexity index is 724. The molecule has 1 aromatic rings. The number of ether oxygens (including phenoxy) is 1.